The van der Waals surface area contributed by atoms with Gasteiger partial charge in [-0.2, -0.15) is 5.26 Å². The van der Waals surface area contributed by atoms with Crippen molar-refractivity contribution in [3.8, 4) is 6.07 Å². The lowest BCUT2D eigenvalue weighted by Crippen LogP contribution is -2.31. The van der Waals surface area contributed by atoms with Crippen LogP contribution in [0.4, 0.5) is 5.69 Å². The average molecular weight is 263 g/mol. The molecule has 0 aliphatic heterocycles. The first-order valence-corrected chi connectivity index (χ1v) is 6.58. The van der Waals surface area contributed by atoms with Crippen LogP contribution in [0, 0.1) is 11.3 Å². The minimum atomic E-state index is 0.426. The molecular weight excluding hydrogens is 242 g/mol. The first-order chi connectivity index (χ1) is 9.31. The van der Waals surface area contributed by atoms with Crippen molar-refractivity contribution in [2.45, 2.75) is 13.8 Å². The molecule has 1 rings (SSSR count). The van der Waals surface area contributed by atoms with Gasteiger partial charge in [0.05, 0.1) is 13.2 Å². The number of nitrogens with zero attached hydrogens (tertiary/aromatic N) is 3. The monoisotopic (exact) mass is 263 g/mol. The van der Waals surface area contributed by atoms with Crippen molar-refractivity contribution in [1.82, 2.24) is 4.98 Å². The second kappa shape index (κ2) is 9.31. The molecular formula is C14H21N3O2. The van der Waals surface area contributed by atoms with Gasteiger partial charge in [0.1, 0.15) is 11.8 Å². The highest BCUT2D eigenvalue weighted by Crippen LogP contribution is 2.13. The number of rotatable bonds is 9. The van der Waals surface area contributed by atoms with Crippen LogP contribution in [0.3, 0.4) is 0 Å². The maximum absolute atomic E-state index is 8.89. The summed E-state index contributed by atoms with van der Waals surface area (Å²) >= 11 is 0. The van der Waals surface area contributed by atoms with Gasteiger partial charge in [-0.25, -0.2) is 4.98 Å². The zero-order valence-corrected chi connectivity index (χ0v) is 11.6. The Kier molecular flexibility index (Phi) is 7.56. The number of hydrogen-bond donors (Lipinski definition) is 0. The number of hydrogen-bond acceptors (Lipinski definition) is 5. The van der Waals surface area contributed by atoms with Gasteiger partial charge in [0.15, 0.2) is 0 Å². The first-order valence-electron chi connectivity index (χ1n) is 6.58. The molecule has 5 heteroatoms. The Balaban J connectivity index is 2.66. The van der Waals surface area contributed by atoms with Crippen LogP contribution in [-0.2, 0) is 9.47 Å². The van der Waals surface area contributed by atoms with Crippen molar-refractivity contribution >= 4 is 5.69 Å². The molecule has 0 aliphatic rings. The van der Waals surface area contributed by atoms with E-state index in [-0.39, 0.29) is 0 Å². The molecule has 0 radical (unpaired) electrons. The van der Waals surface area contributed by atoms with Crippen molar-refractivity contribution in [1.29, 1.82) is 5.26 Å². The Morgan fingerprint density at radius 3 is 2.37 bits per heavy atom. The topological polar surface area (TPSA) is 58.4 Å². The predicted octanol–water partition coefficient (Wildman–Crippen LogP) is 1.83. The Hall–Kier alpha value is -1.64. The quantitative estimate of drug-likeness (QED) is 0.636. The van der Waals surface area contributed by atoms with Crippen LogP contribution in [0.2, 0.25) is 0 Å². The molecule has 0 saturated carbocycles. The molecule has 0 unspecified atom stereocenters. The van der Waals surface area contributed by atoms with E-state index in [4.69, 9.17) is 14.7 Å². The average Bonchev–Trinajstić information content (AvgIpc) is 2.46. The van der Waals surface area contributed by atoms with Crippen molar-refractivity contribution in [3.63, 3.8) is 0 Å². The fourth-order valence-corrected chi connectivity index (χ4v) is 1.69. The number of ether oxygens (including phenoxy) is 2. The number of pyridine rings is 1. The first kappa shape index (κ1) is 15.4. The predicted molar refractivity (Wildman–Crippen MR) is 74.2 cm³/mol. The smallest absolute Gasteiger partial charge is 0.142 e. The summed E-state index contributed by atoms with van der Waals surface area (Å²) in [4.78, 5) is 6.13. The number of nitriles is 1. The van der Waals surface area contributed by atoms with E-state index in [0.29, 0.717) is 32.1 Å². The van der Waals surface area contributed by atoms with Gasteiger partial charge in [-0.15, -0.1) is 0 Å². The molecule has 1 heterocycles. The molecule has 0 fully saturated rings. The minimum absolute atomic E-state index is 0.426. The van der Waals surface area contributed by atoms with Crippen LogP contribution in [0.25, 0.3) is 0 Å². The Morgan fingerprint density at radius 2 is 1.84 bits per heavy atom. The van der Waals surface area contributed by atoms with Gasteiger partial charge in [0.25, 0.3) is 0 Å². The summed E-state index contributed by atoms with van der Waals surface area (Å²) in [7, 11) is 0. The summed E-state index contributed by atoms with van der Waals surface area (Å²) in [6.45, 7) is 8.24. The highest BCUT2D eigenvalue weighted by atomic mass is 16.5. The third-order valence-corrected chi connectivity index (χ3v) is 2.64. The second-order valence-electron chi connectivity index (χ2n) is 3.89. The summed E-state index contributed by atoms with van der Waals surface area (Å²) in [5.41, 5.74) is 1.40. The molecule has 0 aromatic carbocycles. The lowest BCUT2D eigenvalue weighted by atomic mass is 10.3. The lowest BCUT2D eigenvalue weighted by Gasteiger charge is -2.24. The van der Waals surface area contributed by atoms with E-state index in [1.165, 1.54) is 0 Å². The Bertz CT molecular complexity index is 394. The molecule has 0 N–H and O–H groups in total. The van der Waals surface area contributed by atoms with Crippen LogP contribution in [0.5, 0.6) is 0 Å². The molecule has 104 valence electrons. The van der Waals surface area contributed by atoms with Gasteiger partial charge in [0.2, 0.25) is 0 Å². The van der Waals surface area contributed by atoms with E-state index in [2.05, 4.69) is 16.0 Å². The normalized spacial score (nSPS) is 10.2. The van der Waals surface area contributed by atoms with E-state index in [1.54, 1.807) is 12.3 Å². The Labute approximate surface area is 114 Å². The van der Waals surface area contributed by atoms with Gasteiger partial charge in [-0.1, -0.05) is 0 Å². The lowest BCUT2D eigenvalue weighted by molar-refractivity contribution is 0.141. The van der Waals surface area contributed by atoms with Crippen molar-refractivity contribution in [2.75, 3.05) is 44.4 Å². The van der Waals surface area contributed by atoms with Gasteiger partial charge in [0, 0.05) is 38.2 Å². The fourth-order valence-electron chi connectivity index (χ4n) is 1.69. The minimum Gasteiger partial charge on any atom is -0.380 e. The van der Waals surface area contributed by atoms with Crippen LogP contribution in [-0.4, -0.2) is 44.5 Å². The van der Waals surface area contributed by atoms with Crippen molar-refractivity contribution in [3.05, 3.63) is 24.0 Å². The summed E-state index contributed by atoms with van der Waals surface area (Å²) in [5.74, 6) is 0. The van der Waals surface area contributed by atoms with E-state index >= 15 is 0 Å². The van der Waals surface area contributed by atoms with E-state index in [9.17, 15) is 0 Å². The summed E-state index contributed by atoms with van der Waals surface area (Å²) in [6, 6.07) is 5.75. The summed E-state index contributed by atoms with van der Waals surface area (Å²) < 4.78 is 10.8. The van der Waals surface area contributed by atoms with Gasteiger partial charge in [-0.05, 0) is 26.0 Å². The van der Waals surface area contributed by atoms with Crippen LogP contribution in [0.15, 0.2) is 18.3 Å². The largest absolute Gasteiger partial charge is 0.380 e. The highest BCUT2D eigenvalue weighted by molar-refractivity contribution is 5.48. The van der Waals surface area contributed by atoms with E-state index in [1.807, 2.05) is 19.9 Å². The molecule has 0 atom stereocenters. The van der Waals surface area contributed by atoms with Gasteiger partial charge in [-0.3, -0.25) is 0 Å². The van der Waals surface area contributed by atoms with Gasteiger partial charge < -0.3 is 14.4 Å². The SMILES string of the molecule is CCOCCN(CCOCC)c1ccnc(C#N)c1. The third-order valence-electron chi connectivity index (χ3n) is 2.64. The third kappa shape index (κ3) is 5.69. The molecule has 0 amide bonds. The van der Waals surface area contributed by atoms with Crippen molar-refractivity contribution in [2.24, 2.45) is 0 Å². The van der Waals surface area contributed by atoms with Crippen LogP contribution >= 0.6 is 0 Å². The molecule has 19 heavy (non-hydrogen) atoms. The number of aromatic nitrogens is 1. The summed E-state index contributed by atoms with van der Waals surface area (Å²) in [6.07, 6.45) is 1.66. The van der Waals surface area contributed by atoms with Crippen LogP contribution < -0.4 is 4.90 Å². The standard InChI is InChI=1S/C14H21N3O2/c1-3-18-9-7-17(8-10-19-4-2)14-5-6-16-13(11-14)12-15/h5-6,11H,3-4,7-10H2,1-2H3. The van der Waals surface area contributed by atoms with E-state index < -0.39 is 0 Å². The van der Waals surface area contributed by atoms with Crippen LogP contribution in [0.1, 0.15) is 19.5 Å². The Morgan fingerprint density at radius 1 is 1.21 bits per heavy atom. The maximum Gasteiger partial charge on any atom is 0.142 e. The van der Waals surface area contributed by atoms with E-state index in [0.717, 1.165) is 18.8 Å². The summed E-state index contributed by atoms with van der Waals surface area (Å²) in [5, 5.41) is 8.89. The maximum atomic E-state index is 8.89. The molecule has 0 aliphatic carbocycles. The van der Waals surface area contributed by atoms with Gasteiger partial charge >= 0.3 is 0 Å². The second-order valence-corrected chi connectivity index (χ2v) is 3.89. The molecule has 1 aromatic rings. The number of anilines is 1. The molecule has 0 saturated heterocycles. The molecule has 1 aromatic heterocycles. The molecule has 5 nitrogen and oxygen atoms in total. The zero-order valence-electron chi connectivity index (χ0n) is 11.6. The van der Waals surface area contributed by atoms with Crippen molar-refractivity contribution < 1.29 is 9.47 Å². The zero-order chi connectivity index (χ0) is 13.9. The highest BCUT2D eigenvalue weighted by Gasteiger charge is 2.07. The molecule has 0 bridgehead atoms. The molecule has 0 spiro atoms. The fraction of sp³-hybridized carbons (Fsp3) is 0.571.